The second kappa shape index (κ2) is 5.33. The van der Waals surface area contributed by atoms with E-state index in [2.05, 4.69) is 26.2 Å². The molecule has 0 bridgehead atoms. The van der Waals surface area contributed by atoms with Crippen LogP contribution in [0.25, 0.3) is 5.69 Å². The lowest BCUT2D eigenvalue weighted by molar-refractivity contribution is 0.619. The number of hydrogen-bond acceptors (Lipinski definition) is 2. The highest BCUT2D eigenvalue weighted by molar-refractivity contribution is 9.10. The second-order valence-corrected chi connectivity index (χ2v) is 5.78. The molecule has 0 fully saturated rings. The molecule has 0 aliphatic rings. The van der Waals surface area contributed by atoms with Gasteiger partial charge in [-0.1, -0.05) is 0 Å². The van der Waals surface area contributed by atoms with E-state index in [0.717, 1.165) is 22.9 Å². The van der Waals surface area contributed by atoms with Gasteiger partial charge in [-0.05, 0) is 61.3 Å². The summed E-state index contributed by atoms with van der Waals surface area (Å²) in [4.78, 5) is 4.44. The van der Waals surface area contributed by atoms with Gasteiger partial charge in [0.1, 0.15) is 5.82 Å². The molecule has 0 aliphatic carbocycles. The highest BCUT2D eigenvalue weighted by atomic mass is 79.9. The fourth-order valence-corrected chi connectivity index (χ4v) is 2.39. The van der Waals surface area contributed by atoms with E-state index in [1.807, 2.05) is 38.5 Å². The molecule has 0 saturated heterocycles. The molecule has 102 valence electrons. The first-order chi connectivity index (χ1) is 8.88. The van der Waals surface area contributed by atoms with Crippen molar-refractivity contribution in [3.8, 4) is 5.69 Å². The Kier molecular flexibility index (Phi) is 3.94. The molecule has 1 N–H and O–H groups in total. The molecule has 0 saturated carbocycles. The van der Waals surface area contributed by atoms with Crippen LogP contribution >= 0.6 is 15.9 Å². The van der Waals surface area contributed by atoms with Gasteiger partial charge < -0.3 is 5.32 Å². The van der Waals surface area contributed by atoms with Gasteiger partial charge in [0.25, 0.3) is 0 Å². The van der Waals surface area contributed by atoms with Gasteiger partial charge in [0, 0.05) is 12.2 Å². The van der Waals surface area contributed by atoms with Crippen molar-refractivity contribution < 1.29 is 4.39 Å². The van der Waals surface area contributed by atoms with E-state index < -0.39 is 0 Å². The zero-order chi connectivity index (χ0) is 14.2. The van der Waals surface area contributed by atoms with Crippen molar-refractivity contribution in [1.29, 1.82) is 0 Å². The lowest BCUT2D eigenvalue weighted by atomic mass is 10.2. The summed E-state index contributed by atoms with van der Waals surface area (Å²) < 4.78 is 16.1. The van der Waals surface area contributed by atoms with Gasteiger partial charge in [-0.2, -0.15) is 0 Å². The summed E-state index contributed by atoms with van der Waals surface area (Å²) in [6.07, 6.45) is 1.90. The fraction of sp³-hybridized carbons (Fsp3) is 0.357. The Balaban J connectivity index is 2.55. The molecule has 19 heavy (non-hydrogen) atoms. The molecule has 0 radical (unpaired) electrons. The van der Waals surface area contributed by atoms with E-state index in [1.54, 1.807) is 6.07 Å². The minimum absolute atomic E-state index is 0.265. The fourth-order valence-electron chi connectivity index (χ4n) is 1.94. The predicted octanol–water partition coefficient (Wildman–Crippen LogP) is 4.21. The number of halogens is 2. The van der Waals surface area contributed by atoms with E-state index >= 15 is 0 Å². The maximum absolute atomic E-state index is 13.7. The smallest absolute Gasteiger partial charge is 0.207 e. The quantitative estimate of drug-likeness (QED) is 0.916. The SMILES string of the molecule is Cc1cn(-c2cc(F)c(Br)cc2C)c(NC(C)C)n1. The van der Waals surface area contributed by atoms with Gasteiger partial charge in [0.2, 0.25) is 5.95 Å². The zero-order valence-electron chi connectivity index (χ0n) is 11.5. The van der Waals surface area contributed by atoms with Crippen LogP contribution in [0.3, 0.4) is 0 Å². The van der Waals surface area contributed by atoms with Gasteiger partial charge in [0.05, 0.1) is 15.9 Å². The molecule has 0 atom stereocenters. The number of benzene rings is 1. The molecule has 2 aromatic rings. The van der Waals surface area contributed by atoms with Crippen molar-refractivity contribution in [3.05, 3.63) is 39.9 Å². The Labute approximate surface area is 121 Å². The van der Waals surface area contributed by atoms with Gasteiger partial charge >= 0.3 is 0 Å². The van der Waals surface area contributed by atoms with Crippen LogP contribution in [0.1, 0.15) is 25.1 Å². The van der Waals surface area contributed by atoms with Crippen LogP contribution in [0.5, 0.6) is 0 Å². The third-order valence-corrected chi connectivity index (χ3v) is 3.35. The van der Waals surface area contributed by atoms with Crippen molar-refractivity contribution >= 4 is 21.9 Å². The van der Waals surface area contributed by atoms with Gasteiger partial charge in [-0.15, -0.1) is 0 Å². The van der Waals surface area contributed by atoms with Crippen LogP contribution in [-0.4, -0.2) is 15.6 Å². The summed E-state index contributed by atoms with van der Waals surface area (Å²) in [5, 5.41) is 3.27. The molecule has 1 heterocycles. The molecule has 2 rings (SSSR count). The van der Waals surface area contributed by atoms with Crippen LogP contribution in [0, 0.1) is 19.7 Å². The number of nitrogens with one attached hydrogen (secondary N) is 1. The lowest BCUT2D eigenvalue weighted by Crippen LogP contribution is -2.14. The zero-order valence-corrected chi connectivity index (χ0v) is 13.0. The normalized spacial score (nSPS) is 11.1. The second-order valence-electron chi connectivity index (χ2n) is 4.93. The van der Waals surface area contributed by atoms with E-state index in [-0.39, 0.29) is 11.9 Å². The van der Waals surface area contributed by atoms with E-state index in [4.69, 9.17) is 0 Å². The number of aromatic nitrogens is 2. The predicted molar refractivity (Wildman–Crippen MR) is 79.5 cm³/mol. The molecule has 3 nitrogen and oxygen atoms in total. The van der Waals surface area contributed by atoms with Crippen LogP contribution in [-0.2, 0) is 0 Å². The average Bonchev–Trinajstić information content (AvgIpc) is 2.63. The maximum atomic E-state index is 13.7. The average molecular weight is 326 g/mol. The van der Waals surface area contributed by atoms with Gasteiger partial charge in [-0.3, -0.25) is 4.57 Å². The van der Waals surface area contributed by atoms with E-state index in [1.165, 1.54) is 6.07 Å². The van der Waals surface area contributed by atoms with Crippen molar-refractivity contribution in [3.63, 3.8) is 0 Å². The van der Waals surface area contributed by atoms with Crippen molar-refractivity contribution in [2.24, 2.45) is 0 Å². The number of imidazole rings is 1. The molecule has 5 heteroatoms. The monoisotopic (exact) mass is 325 g/mol. The van der Waals surface area contributed by atoms with E-state index in [0.29, 0.717) is 4.47 Å². The Bertz CT molecular complexity index is 605. The van der Waals surface area contributed by atoms with Crippen molar-refractivity contribution in [2.45, 2.75) is 33.7 Å². The van der Waals surface area contributed by atoms with Crippen LogP contribution < -0.4 is 5.32 Å². The number of aryl methyl sites for hydroxylation is 2. The molecule has 0 amide bonds. The molecule has 0 spiro atoms. The third-order valence-electron chi connectivity index (χ3n) is 2.74. The highest BCUT2D eigenvalue weighted by Crippen LogP contribution is 2.26. The van der Waals surface area contributed by atoms with Gasteiger partial charge in [0.15, 0.2) is 0 Å². The molecular formula is C14H17BrFN3. The Morgan fingerprint density at radius 1 is 1.32 bits per heavy atom. The first-order valence-electron chi connectivity index (χ1n) is 6.17. The molecule has 0 aliphatic heterocycles. The Hall–Kier alpha value is -1.36. The number of nitrogens with zero attached hydrogens (tertiary/aromatic N) is 2. The van der Waals surface area contributed by atoms with E-state index in [9.17, 15) is 4.39 Å². The topological polar surface area (TPSA) is 29.9 Å². The number of hydrogen-bond donors (Lipinski definition) is 1. The summed E-state index contributed by atoms with van der Waals surface area (Å²) in [5.74, 6) is 0.458. The summed E-state index contributed by atoms with van der Waals surface area (Å²) in [5.41, 5.74) is 2.67. The number of rotatable bonds is 3. The van der Waals surface area contributed by atoms with Crippen molar-refractivity contribution in [1.82, 2.24) is 9.55 Å². The molecule has 1 aromatic heterocycles. The summed E-state index contributed by atoms with van der Waals surface area (Å²) in [6.45, 7) is 7.97. The first kappa shape index (κ1) is 14.1. The Morgan fingerprint density at radius 2 is 2.00 bits per heavy atom. The summed E-state index contributed by atoms with van der Waals surface area (Å²) >= 11 is 3.20. The Morgan fingerprint density at radius 3 is 2.63 bits per heavy atom. The first-order valence-corrected chi connectivity index (χ1v) is 6.96. The minimum atomic E-state index is -0.276. The van der Waals surface area contributed by atoms with Crippen molar-refractivity contribution in [2.75, 3.05) is 5.32 Å². The molecule has 0 unspecified atom stereocenters. The lowest BCUT2D eigenvalue weighted by Gasteiger charge is -2.14. The summed E-state index contributed by atoms with van der Waals surface area (Å²) in [6, 6.07) is 3.56. The summed E-state index contributed by atoms with van der Waals surface area (Å²) in [7, 11) is 0. The largest absolute Gasteiger partial charge is 0.353 e. The highest BCUT2D eigenvalue weighted by Gasteiger charge is 2.13. The number of anilines is 1. The minimum Gasteiger partial charge on any atom is -0.353 e. The third kappa shape index (κ3) is 2.97. The van der Waals surface area contributed by atoms with Gasteiger partial charge in [-0.25, -0.2) is 9.37 Å². The molecular weight excluding hydrogens is 309 g/mol. The van der Waals surface area contributed by atoms with Crippen LogP contribution in [0.2, 0.25) is 0 Å². The van der Waals surface area contributed by atoms with Crippen LogP contribution in [0.4, 0.5) is 10.3 Å². The maximum Gasteiger partial charge on any atom is 0.207 e. The molecule has 1 aromatic carbocycles. The van der Waals surface area contributed by atoms with Crippen LogP contribution in [0.15, 0.2) is 22.8 Å². The standard InChI is InChI=1S/C14H17BrFN3/c1-8(2)17-14-18-10(4)7-19(14)13-6-12(16)11(15)5-9(13)3/h5-8H,1-4H3,(H,17,18).